The second kappa shape index (κ2) is 16.8. The molecule has 0 saturated heterocycles. The van der Waals surface area contributed by atoms with Crippen LogP contribution in [0.4, 0.5) is 0 Å². The molecular weight excluding hydrogens is 543 g/mol. The van der Waals surface area contributed by atoms with Crippen molar-refractivity contribution in [2.24, 2.45) is 0 Å². The monoisotopic (exact) mass is 572 g/mol. The van der Waals surface area contributed by atoms with E-state index in [1.165, 1.54) is 0 Å². The topological polar surface area (TPSA) is 323 Å². The number of carboxylic acids is 2. The molecule has 16 nitrogen and oxygen atoms in total. The average molecular weight is 571 g/mol. The molecule has 0 aromatic rings. The summed E-state index contributed by atoms with van der Waals surface area (Å²) in [6.07, 6.45) is -21.0. The minimum atomic E-state index is -2.40. The van der Waals surface area contributed by atoms with Gasteiger partial charge in [-0.05, 0) is 0 Å². The van der Waals surface area contributed by atoms with Gasteiger partial charge in [-0.25, -0.2) is 0 Å². The van der Waals surface area contributed by atoms with Crippen LogP contribution in [0.3, 0.4) is 0 Å². The Morgan fingerprint density at radius 2 is 0.742 bits per heavy atom. The predicted octanol–water partition coefficient (Wildman–Crippen LogP) is -11.9. The van der Waals surface area contributed by atoms with Crippen LogP contribution >= 0.6 is 0 Å². The standard InChI is InChI=1S/2C7H14O8.Sn.2H/c2*8-1-2(9)3(10)4(11)5(12)6(13)7(14)15;;;/h2*2-6,8-13H,1H2,(H,14,15);;;/q;;+2;;/p-2/t2*2?,3-,4-,5+,6-;;;/m11.../s1. The van der Waals surface area contributed by atoms with Gasteiger partial charge < -0.3 is 81.1 Å². The third-order valence-corrected chi connectivity index (χ3v) is 3.69. The van der Waals surface area contributed by atoms with Gasteiger partial charge in [0.25, 0.3) is 0 Å². The molecule has 0 fully saturated rings. The van der Waals surface area contributed by atoms with Gasteiger partial charge in [0.15, 0.2) is 0 Å². The molecule has 12 N–H and O–H groups in total. The van der Waals surface area contributed by atoms with Crippen molar-refractivity contribution >= 4 is 35.8 Å². The van der Waals surface area contributed by atoms with Gasteiger partial charge in [-0.1, -0.05) is 0 Å². The number of hydrogen-bond donors (Lipinski definition) is 12. The fourth-order valence-corrected chi connectivity index (χ4v) is 1.73. The first-order chi connectivity index (χ1) is 13.6. The summed E-state index contributed by atoms with van der Waals surface area (Å²) in [7, 11) is 0. The van der Waals surface area contributed by atoms with E-state index < -0.39 is 86.2 Å². The molecule has 17 heteroatoms. The molecule has 10 atom stereocenters. The first-order valence-electron chi connectivity index (χ1n) is 8.09. The minimum absolute atomic E-state index is 0. The van der Waals surface area contributed by atoms with Crippen molar-refractivity contribution in [3.63, 3.8) is 0 Å². The summed E-state index contributed by atoms with van der Waals surface area (Å²) in [4.78, 5) is 20.2. The van der Waals surface area contributed by atoms with Crippen molar-refractivity contribution < 1.29 is 81.1 Å². The third-order valence-electron chi connectivity index (χ3n) is 3.69. The van der Waals surface area contributed by atoms with Crippen LogP contribution in [-0.4, -0.2) is 171 Å². The van der Waals surface area contributed by atoms with Crippen molar-refractivity contribution in [3.05, 3.63) is 0 Å². The Hall–Kier alpha value is -0.741. The fraction of sp³-hybridized carbons (Fsp3) is 0.857. The van der Waals surface area contributed by atoms with Crippen molar-refractivity contribution in [1.82, 2.24) is 0 Å². The predicted molar refractivity (Wildman–Crippen MR) is 92.8 cm³/mol. The van der Waals surface area contributed by atoms with Gasteiger partial charge in [-0.15, -0.1) is 0 Å². The van der Waals surface area contributed by atoms with Crippen LogP contribution in [0.25, 0.3) is 0 Å². The number of aliphatic carboxylic acids is 2. The number of carbonyl (C=O) groups is 2. The van der Waals surface area contributed by atoms with Gasteiger partial charge in [-0.3, -0.25) is 0 Å². The van der Waals surface area contributed by atoms with Crippen molar-refractivity contribution in [3.8, 4) is 0 Å². The molecule has 0 aromatic heterocycles. The molecule has 0 bridgehead atoms. The van der Waals surface area contributed by atoms with E-state index in [0.29, 0.717) is 0 Å². The van der Waals surface area contributed by atoms with E-state index >= 15 is 0 Å². The van der Waals surface area contributed by atoms with E-state index in [1.807, 2.05) is 0 Å². The second-order valence-electron chi connectivity index (χ2n) is 5.97. The summed E-state index contributed by atoms with van der Waals surface area (Å²) in [5, 5.41) is 126. The van der Waals surface area contributed by atoms with Crippen molar-refractivity contribution in [1.29, 1.82) is 0 Å². The van der Waals surface area contributed by atoms with Gasteiger partial charge in [0.1, 0.15) is 61.0 Å². The van der Waals surface area contributed by atoms with E-state index in [9.17, 15) is 19.8 Å². The van der Waals surface area contributed by atoms with Crippen LogP contribution in [0, 0.1) is 0 Å². The molecule has 0 aliphatic heterocycles. The molecule has 0 aromatic carbocycles. The molecule has 0 radical (unpaired) electrons. The summed E-state index contributed by atoms with van der Waals surface area (Å²) in [6, 6.07) is 0. The first-order valence-corrected chi connectivity index (χ1v) is 8.09. The number of carbonyl (C=O) groups excluding carboxylic acids is 2. The zero-order valence-electron chi connectivity index (χ0n) is 15.9. The Labute approximate surface area is 191 Å². The quantitative estimate of drug-likeness (QED) is 0.0968. The summed E-state index contributed by atoms with van der Waals surface area (Å²) >= 11 is 0. The molecule has 0 heterocycles. The molecular formula is C14H28O16Sn. The van der Waals surface area contributed by atoms with Gasteiger partial charge in [0, 0.05) is 0 Å². The van der Waals surface area contributed by atoms with Crippen LogP contribution in [0.1, 0.15) is 0 Å². The molecule has 0 spiro atoms. The Morgan fingerprint density at radius 1 is 0.516 bits per heavy atom. The van der Waals surface area contributed by atoms with Gasteiger partial charge in [0.05, 0.1) is 25.2 Å². The summed E-state index contributed by atoms with van der Waals surface area (Å²) < 4.78 is 0. The van der Waals surface area contributed by atoms with Gasteiger partial charge in [0.2, 0.25) is 0 Å². The Morgan fingerprint density at radius 3 is 0.903 bits per heavy atom. The Balaban J connectivity index is -0.000000490. The van der Waals surface area contributed by atoms with E-state index in [0.717, 1.165) is 0 Å². The van der Waals surface area contributed by atoms with Gasteiger partial charge in [-0.2, -0.15) is 0 Å². The van der Waals surface area contributed by atoms with Crippen LogP contribution in [0.2, 0.25) is 0 Å². The molecule has 0 saturated carbocycles. The summed E-state index contributed by atoms with van der Waals surface area (Å²) in [6.45, 7) is -1.79. The average Bonchev–Trinajstić information content (AvgIpc) is 2.73. The molecule has 0 aliphatic carbocycles. The molecule has 0 aliphatic rings. The zero-order valence-corrected chi connectivity index (χ0v) is 19.9. The first kappa shape index (κ1) is 34.9. The van der Waals surface area contributed by atoms with E-state index in [1.54, 1.807) is 0 Å². The van der Waals surface area contributed by atoms with Crippen LogP contribution in [0.5, 0.6) is 0 Å². The normalized spacial score (nSPS) is 20.8. The van der Waals surface area contributed by atoms with E-state index in [4.69, 9.17) is 61.3 Å². The summed E-state index contributed by atoms with van der Waals surface area (Å²) in [5.74, 6) is -4.07. The number of hydrogen-bond acceptors (Lipinski definition) is 16. The molecule has 0 amide bonds. The van der Waals surface area contributed by atoms with Crippen LogP contribution in [-0.2, 0) is 9.59 Å². The number of aliphatic hydroxyl groups is 12. The van der Waals surface area contributed by atoms with Gasteiger partial charge >= 0.3 is 23.9 Å². The second-order valence-corrected chi connectivity index (χ2v) is 5.97. The van der Waals surface area contributed by atoms with Crippen molar-refractivity contribution in [2.45, 2.75) is 61.0 Å². The van der Waals surface area contributed by atoms with Crippen LogP contribution < -0.4 is 10.2 Å². The molecule has 31 heavy (non-hydrogen) atoms. The summed E-state index contributed by atoms with van der Waals surface area (Å²) in [5.41, 5.74) is 0. The van der Waals surface area contributed by atoms with Crippen molar-refractivity contribution in [2.75, 3.05) is 13.2 Å². The van der Waals surface area contributed by atoms with Crippen LogP contribution in [0.15, 0.2) is 0 Å². The third kappa shape index (κ3) is 11.6. The molecule has 0 rings (SSSR count). The Kier molecular flexibility index (Phi) is 18.9. The number of carboxylic acid groups (broad SMARTS) is 2. The SMILES string of the molecule is O=C([O-])[C@H](O)[C@@H](O)[C@H](O)[C@H](O)C(O)CO.O=C([O-])[C@H](O)[C@@H](O)[C@H](O)[C@H](O)C(O)CO.[SnH2+2]. The molecule has 184 valence electrons. The maximum absolute atomic E-state index is 10.1. The zero-order chi connectivity index (χ0) is 24.3. The Bertz CT molecular complexity index is 465. The maximum atomic E-state index is 10.1. The number of rotatable bonds is 12. The van der Waals surface area contributed by atoms with E-state index in [-0.39, 0.29) is 23.9 Å². The van der Waals surface area contributed by atoms with E-state index in [2.05, 4.69) is 0 Å². The molecule has 2 unspecified atom stereocenters. The fourth-order valence-electron chi connectivity index (χ4n) is 1.73. The number of aliphatic hydroxyl groups excluding tert-OH is 12.